The largest absolute Gasteiger partial charge is 0.310 e. The van der Waals surface area contributed by atoms with Gasteiger partial charge >= 0.3 is 0 Å². The number of fused-ring (bicyclic) bond motifs is 1. The maximum absolute atomic E-state index is 13.3. The number of benzene rings is 2. The van der Waals surface area contributed by atoms with Gasteiger partial charge in [0.25, 0.3) is 10.0 Å². The quantitative estimate of drug-likeness (QED) is 0.457. The number of hydrogen-bond acceptors (Lipinski definition) is 6. The van der Waals surface area contributed by atoms with Crippen LogP contribution in [0.15, 0.2) is 52.3 Å². The topological polar surface area (TPSA) is 110 Å². The highest BCUT2D eigenvalue weighted by molar-refractivity contribution is 7.98. The lowest BCUT2D eigenvalue weighted by atomic mass is 10.0. The summed E-state index contributed by atoms with van der Waals surface area (Å²) in [7, 11) is -3.89. The number of nitrogens with zero attached hydrogens (tertiary/aromatic N) is 2. The van der Waals surface area contributed by atoms with Gasteiger partial charge in [0.15, 0.2) is 0 Å². The van der Waals surface area contributed by atoms with Crippen molar-refractivity contribution in [3.63, 3.8) is 0 Å². The van der Waals surface area contributed by atoms with Gasteiger partial charge in [-0.15, -0.1) is 11.8 Å². The van der Waals surface area contributed by atoms with Crippen LogP contribution in [0, 0.1) is 6.92 Å². The number of carbonyl (C=O) groups is 2. The molecule has 2 heterocycles. The van der Waals surface area contributed by atoms with E-state index in [2.05, 4.69) is 15.1 Å². The molecule has 1 aliphatic heterocycles. The van der Waals surface area contributed by atoms with Crippen LogP contribution in [0.1, 0.15) is 42.2 Å². The molecular formula is C24H26N4O4S2. The van der Waals surface area contributed by atoms with E-state index in [9.17, 15) is 18.0 Å². The van der Waals surface area contributed by atoms with Gasteiger partial charge in [-0.2, -0.15) is 9.78 Å². The number of rotatable bonds is 7. The summed E-state index contributed by atoms with van der Waals surface area (Å²) in [5, 5.41) is 7.27. The van der Waals surface area contributed by atoms with Gasteiger partial charge in [0.2, 0.25) is 11.8 Å². The molecular weight excluding hydrogens is 472 g/mol. The molecule has 0 saturated heterocycles. The standard InChI is InChI=1S/C24H26N4O4S2/c1-4-5-19-23(24-25-21(29)12-13-22(30)28(24)26-19)16-7-6-15(2)20(14-16)34(31,32)27-17-8-10-18(33-3)11-9-17/h6-11,14,27H,4-5,12-13H2,1-3H3,(H,25,29). The lowest BCUT2D eigenvalue weighted by Crippen LogP contribution is -2.15. The summed E-state index contributed by atoms with van der Waals surface area (Å²) in [6.45, 7) is 3.72. The van der Waals surface area contributed by atoms with Crippen LogP contribution < -0.4 is 10.0 Å². The van der Waals surface area contributed by atoms with Gasteiger partial charge in [-0.3, -0.25) is 14.3 Å². The van der Waals surface area contributed by atoms with Crippen LogP contribution in [0.4, 0.5) is 11.5 Å². The van der Waals surface area contributed by atoms with E-state index in [0.29, 0.717) is 40.3 Å². The molecule has 0 atom stereocenters. The van der Waals surface area contributed by atoms with E-state index in [-0.39, 0.29) is 29.6 Å². The van der Waals surface area contributed by atoms with E-state index < -0.39 is 10.0 Å². The Hall–Kier alpha value is -3.11. The molecule has 34 heavy (non-hydrogen) atoms. The number of nitrogens with one attached hydrogen (secondary N) is 2. The van der Waals surface area contributed by atoms with Crippen LogP contribution in [0.2, 0.25) is 0 Å². The number of anilines is 2. The second-order valence-electron chi connectivity index (χ2n) is 8.09. The fourth-order valence-electron chi connectivity index (χ4n) is 3.91. The summed E-state index contributed by atoms with van der Waals surface area (Å²) in [6, 6.07) is 12.2. The van der Waals surface area contributed by atoms with Crippen molar-refractivity contribution in [2.75, 3.05) is 16.3 Å². The van der Waals surface area contributed by atoms with Crippen LogP contribution in [0.25, 0.3) is 11.1 Å². The minimum atomic E-state index is -3.89. The van der Waals surface area contributed by atoms with Crippen LogP contribution in [0.5, 0.6) is 0 Å². The van der Waals surface area contributed by atoms with E-state index in [1.165, 1.54) is 4.68 Å². The molecule has 0 spiro atoms. The molecule has 4 rings (SSSR count). The lowest BCUT2D eigenvalue weighted by Gasteiger charge is -2.13. The van der Waals surface area contributed by atoms with E-state index >= 15 is 0 Å². The third-order valence-corrected chi connectivity index (χ3v) is 7.88. The van der Waals surface area contributed by atoms with E-state index in [0.717, 1.165) is 11.3 Å². The minimum absolute atomic E-state index is 0.0678. The highest BCUT2D eigenvalue weighted by Gasteiger charge is 2.28. The molecule has 1 amide bonds. The minimum Gasteiger partial charge on any atom is -0.310 e. The molecule has 3 aromatic rings. The van der Waals surface area contributed by atoms with E-state index in [1.54, 1.807) is 49.0 Å². The monoisotopic (exact) mass is 498 g/mol. The SMILES string of the molecule is CCCc1nn2c(c1-c1ccc(C)c(S(=O)(=O)Nc3ccc(SC)cc3)c1)NC(=O)CCC2=O. The molecule has 8 nitrogen and oxygen atoms in total. The maximum Gasteiger partial charge on any atom is 0.262 e. The predicted octanol–water partition coefficient (Wildman–Crippen LogP) is 4.71. The molecule has 178 valence electrons. The number of hydrogen-bond donors (Lipinski definition) is 2. The number of aryl methyl sites for hydroxylation is 2. The smallest absolute Gasteiger partial charge is 0.262 e. The van der Waals surface area contributed by atoms with Crippen molar-refractivity contribution in [2.24, 2.45) is 0 Å². The molecule has 2 aromatic carbocycles. The highest BCUT2D eigenvalue weighted by atomic mass is 32.2. The highest BCUT2D eigenvalue weighted by Crippen LogP contribution is 2.36. The zero-order chi connectivity index (χ0) is 24.5. The second kappa shape index (κ2) is 9.63. The molecule has 0 saturated carbocycles. The number of thioether (sulfide) groups is 1. The van der Waals surface area contributed by atoms with Crippen molar-refractivity contribution in [2.45, 2.75) is 49.3 Å². The van der Waals surface area contributed by atoms with E-state index in [1.807, 2.05) is 25.3 Å². The zero-order valence-electron chi connectivity index (χ0n) is 19.2. The molecule has 0 radical (unpaired) electrons. The van der Waals surface area contributed by atoms with Crippen molar-refractivity contribution in [3.05, 3.63) is 53.7 Å². The summed E-state index contributed by atoms with van der Waals surface area (Å²) in [5.74, 6) is -0.248. The second-order valence-corrected chi connectivity index (χ2v) is 10.6. The first kappa shape index (κ1) is 24.0. The Balaban J connectivity index is 1.80. The van der Waals surface area contributed by atoms with Gasteiger partial charge in [0, 0.05) is 29.0 Å². The lowest BCUT2D eigenvalue weighted by molar-refractivity contribution is -0.116. The molecule has 0 fully saturated rings. The summed E-state index contributed by atoms with van der Waals surface area (Å²) in [6.07, 6.45) is 3.45. The average molecular weight is 499 g/mol. The van der Waals surface area contributed by atoms with Crippen molar-refractivity contribution in [3.8, 4) is 11.1 Å². The summed E-state index contributed by atoms with van der Waals surface area (Å²) in [5.41, 5.74) is 2.83. The number of carbonyl (C=O) groups excluding carboxylic acids is 2. The van der Waals surface area contributed by atoms with Crippen LogP contribution >= 0.6 is 11.8 Å². The maximum atomic E-state index is 13.3. The Morgan fingerprint density at radius 3 is 2.53 bits per heavy atom. The third kappa shape index (κ3) is 4.74. The van der Waals surface area contributed by atoms with Gasteiger partial charge in [-0.05, 0) is 61.1 Å². The molecule has 0 aliphatic carbocycles. The van der Waals surface area contributed by atoms with Gasteiger partial charge in [-0.1, -0.05) is 25.5 Å². The van der Waals surface area contributed by atoms with Crippen LogP contribution in [-0.2, 0) is 21.2 Å². The number of sulfonamides is 1. The molecule has 0 unspecified atom stereocenters. The summed E-state index contributed by atoms with van der Waals surface area (Å²) >= 11 is 1.57. The van der Waals surface area contributed by atoms with Crippen molar-refractivity contribution >= 4 is 45.1 Å². The fraction of sp³-hybridized carbons (Fsp3) is 0.292. The Bertz CT molecular complexity index is 1360. The average Bonchev–Trinajstić information content (AvgIpc) is 3.09. The Morgan fingerprint density at radius 2 is 1.85 bits per heavy atom. The Kier molecular flexibility index (Phi) is 6.81. The van der Waals surface area contributed by atoms with Crippen molar-refractivity contribution in [1.29, 1.82) is 0 Å². The number of amides is 1. The van der Waals surface area contributed by atoms with Crippen molar-refractivity contribution < 1.29 is 18.0 Å². The Labute approximate surface area is 203 Å². The molecule has 10 heteroatoms. The van der Waals surface area contributed by atoms with Gasteiger partial charge in [-0.25, -0.2) is 8.42 Å². The van der Waals surface area contributed by atoms with Crippen molar-refractivity contribution in [1.82, 2.24) is 9.78 Å². The van der Waals surface area contributed by atoms with Crippen LogP contribution in [-0.4, -0.2) is 36.3 Å². The van der Waals surface area contributed by atoms with Gasteiger partial charge in [0.05, 0.1) is 10.6 Å². The fourth-order valence-corrected chi connectivity index (χ4v) is 5.65. The number of aromatic nitrogens is 2. The normalized spacial score (nSPS) is 13.9. The summed E-state index contributed by atoms with van der Waals surface area (Å²) in [4.78, 5) is 26.0. The summed E-state index contributed by atoms with van der Waals surface area (Å²) < 4.78 is 30.5. The molecule has 2 N–H and O–H groups in total. The zero-order valence-corrected chi connectivity index (χ0v) is 20.8. The first-order valence-electron chi connectivity index (χ1n) is 11.0. The van der Waals surface area contributed by atoms with Crippen LogP contribution in [0.3, 0.4) is 0 Å². The third-order valence-electron chi connectivity index (χ3n) is 5.61. The molecule has 1 aromatic heterocycles. The first-order valence-corrected chi connectivity index (χ1v) is 13.7. The predicted molar refractivity (Wildman–Crippen MR) is 134 cm³/mol. The first-order chi connectivity index (χ1) is 16.2. The molecule has 1 aliphatic rings. The van der Waals surface area contributed by atoms with E-state index in [4.69, 9.17) is 0 Å². The molecule has 0 bridgehead atoms. The van der Waals surface area contributed by atoms with Gasteiger partial charge < -0.3 is 5.32 Å². The Morgan fingerprint density at radius 1 is 1.12 bits per heavy atom. The van der Waals surface area contributed by atoms with Gasteiger partial charge in [0.1, 0.15) is 5.82 Å².